The standard InChI is InChI=1S/C24H31N5O6/c1-28(2)29(3)24(33)35-15-6-5-13(7-15)19-10-22(27-26-19)25-23(32)14-8-16-17(9-14)21(34-4)11-20(31)18(16)12-30/h10-15,31H,5-9H2,1-4H3,(H2,25,26,27,32). The molecule has 188 valence electrons. The van der Waals surface area contributed by atoms with Gasteiger partial charge in [-0.05, 0) is 43.2 Å². The van der Waals surface area contributed by atoms with Gasteiger partial charge in [0.1, 0.15) is 17.6 Å². The zero-order valence-corrected chi connectivity index (χ0v) is 20.3. The minimum Gasteiger partial charge on any atom is -0.507 e. The summed E-state index contributed by atoms with van der Waals surface area (Å²) in [5.74, 6) is 0.246. The van der Waals surface area contributed by atoms with Crippen LogP contribution < -0.4 is 10.1 Å². The molecule has 11 nitrogen and oxygen atoms in total. The van der Waals surface area contributed by atoms with Crippen LogP contribution in [0.3, 0.4) is 0 Å². The lowest BCUT2D eigenvalue weighted by atomic mass is 10.0. The van der Waals surface area contributed by atoms with Crippen LogP contribution in [0.4, 0.5) is 10.6 Å². The van der Waals surface area contributed by atoms with Gasteiger partial charge in [0, 0.05) is 50.8 Å². The number of hydrogen-bond donors (Lipinski definition) is 3. The van der Waals surface area contributed by atoms with Gasteiger partial charge in [-0.1, -0.05) is 0 Å². The van der Waals surface area contributed by atoms with E-state index in [0.29, 0.717) is 42.7 Å². The summed E-state index contributed by atoms with van der Waals surface area (Å²) < 4.78 is 10.9. The third-order valence-electron chi connectivity index (χ3n) is 6.95. The van der Waals surface area contributed by atoms with Crippen molar-refractivity contribution in [1.29, 1.82) is 0 Å². The van der Waals surface area contributed by atoms with Crippen LogP contribution in [0.1, 0.15) is 52.4 Å². The van der Waals surface area contributed by atoms with Gasteiger partial charge in [0.25, 0.3) is 0 Å². The van der Waals surface area contributed by atoms with E-state index < -0.39 is 12.0 Å². The largest absolute Gasteiger partial charge is 0.507 e. The second-order valence-corrected chi connectivity index (χ2v) is 9.28. The number of nitrogens with one attached hydrogen (secondary N) is 2. The van der Waals surface area contributed by atoms with Crippen LogP contribution in [-0.4, -0.2) is 78.0 Å². The fourth-order valence-electron chi connectivity index (χ4n) is 4.83. The Morgan fingerprint density at radius 3 is 2.63 bits per heavy atom. The summed E-state index contributed by atoms with van der Waals surface area (Å²) in [7, 11) is 6.68. The molecule has 3 N–H and O–H groups in total. The molecule has 2 aliphatic carbocycles. The van der Waals surface area contributed by atoms with Crippen molar-refractivity contribution in [3.63, 3.8) is 0 Å². The average Bonchev–Trinajstić information content (AvgIpc) is 3.57. The average molecular weight is 486 g/mol. The fraction of sp³-hybridized carbons (Fsp3) is 0.500. The van der Waals surface area contributed by atoms with Crippen LogP contribution in [-0.2, 0) is 22.4 Å². The predicted octanol–water partition coefficient (Wildman–Crippen LogP) is 2.47. The maximum atomic E-state index is 13.0. The van der Waals surface area contributed by atoms with E-state index in [1.54, 1.807) is 26.2 Å². The van der Waals surface area contributed by atoms with Gasteiger partial charge in [-0.25, -0.2) is 14.8 Å². The maximum absolute atomic E-state index is 13.0. The second-order valence-electron chi connectivity index (χ2n) is 9.28. The Bertz CT molecular complexity index is 1130. The number of fused-ring (bicyclic) bond motifs is 1. The van der Waals surface area contributed by atoms with Crippen molar-refractivity contribution >= 4 is 24.1 Å². The Balaban J connectivity index is 1.36. The third kappa shape index (κ3) is 4.95. The van der Waals surface area contributed by atoms with E-state index in [-0.39, 0.29) is 29.2 Å². The lowest BCUT2D eigenvalue weighted by Crippen LogP contribution is -2.40. The molecule has 1 fully saturated rings. The Labute approximate surface area is 203 Å². The maximum Gasteiger partial charge on any atom is 0.424 e. The molecule has 4 rings (SSSR count). The van der Waals surface area contributed by atoms with E-state index in [0.717, 1.165) is 24.1 Å². The number of carbonyl (C=O) groups excluding carboxylic acids is 3. The molecule has 0 aliphatic heterocycles. The number of H-pyrrole nitrogens is 1. The van der Waals surface area contributed by atoms with Crippen LogP contribution in [0.5, 0.6) is 11.5 Å². The summed E-state index contributed by atoms with van der Waals surface area (Å²) >= 11 is 0. The number of phenolic OH excluding ortho intramolecular Hbond substituents is 1. The first-order valence-corrected chi connectivity index (χ1v) is 11.6. The molecule has 1 aromatic heterocycles. The first-order valence-electron chi connectivity index (χ1n) is 11.6. The zero-order chi connectivity index (χ0) is 25.3. The molecule has 3 atom stereocenters. The number of aldehydes is 1. The van der Waals surface area contributed by atoms with Crippen LogP contribution in [0.25, 0.3) is 0 Å². The first-order chi connectivity index (χ1) is 16.7. The number of aromatic nitrogens is 2. The fourth-order valence-corrected chi connectivity index (χ4v) is 4.83. The SMILES string of the molecule is COc1cc(O)c(C=O)c2c1CC(C(=O)Nc1cc(C3CCC(OC(=O)N(C)N(C)C)C3)[nH]n1)C2. The number of rotatable bonds is 7. The number of methoxy groups -OCH3 is 1. The third-order valence-corrected chi connectivity index (χ3v) is 6.95. The normalized spacial score (nSPS) is 21.0. The summed E-state index contributed by atoms with van der Waals surface area (Å²) in [5, 5.41) is 23.3. The number of anilines is 1. The number of amides is 2. The lowest BCUT2D eigenvalue weighted by Gasteiger charge is -2.25. The first kappa shape index (κ1) is 24.5. The number of benzene rings is 1. The van der Waals surface area contributed by atoms with Crippen molar-refractivity contribution in [2.75, 3.05) is 33.6 Å². The summed E-state index contributed by atoms with van der Waals surface area (Å²) in [6, 6.07) is 3.22. The molecule has 0 bridgehead atoms. The van der Waals surface area contributed by atoms with E-state index in [2.05, 4.69) is 15.5 Å². The number of hydrogen-bond acceptors (Lipinski definition) is 8. The monoisotopic (exact) mass is 485 g/mol. The van der Waals surface area contributed by atoms with Crippen LogP contribution in [0.15, 0.2) is 12.1 Å². The smallest absolute Gasteiger partial charge is 0.424 e. The summed E-state index contributed by atoms with van der Waals surface area (Å²) in [6.07, 6.45) is 3.05. The van der Waals surface area contributed by atoms with Crippen molar-refractivity contribution in [3.05, 3.63) is 34.5 Å². The quantitative estimate of drug-likeness (QED) is 0.402. The van der Waals surface area contributed by atoms with Gasteiger partial charge < -0.3 is 19.9 Å². The van der Waals surface area contributed by atoms with Crippen molar-refractivity contribution in [2.45, 2.75) is 44.1 Å². The molecule has 2 amide bonds. The predicted molar refractivity (Wildman–Crippen MR) is 126 cm³/mol. The highest BCUT2D eigenvalue weighted by Crippen LogP contribution is 2.40. The van der Waals surface area contributed by atoms with Gasteiger partial charge in [-0.2, -0.15) is 5.10 Å². The molecule has 1 saturated carbocycles. The molecule has 3 unspecified atom stereocenters. The van der Waals surface area contributed by atoms with Gasteiger partial charge in [0.05, 0.1) is 12.7 Å². The van der Waals surface area contributed by atoms with Crippen molar-refractivity contribution in [2.24, 2.45) is 5.92 Å². The zero-order valence-electron chi connectivity index (χ0n) is 20.3. The van der Waals surface area contributed by atoms with Gasteiger partial charge >= 0.3 is 6.09 Å². The van der Waals surface area contributed by atoms with Crippen molar-refractivity contribution in [1.82, 2.24) is 20.2 Å². The molecule has 1 aromatic carbocycles. The number of carbonyl (C=O) groups is 3. The minimum absolute atomic E-state index is 0.147. The highest BCUT2D eigenvalue weighted by Gasteiger charge is 2.34. The number of nitrogens with zero attached hydrogens (tertiary/aromatic N) is 3. The van der Waals surface area contributed by atoms with Crippen molar-refractivity contribution in [3.8, 4) is 11.5 Å². The molecule has 2 aliphatic rings. The Morgan fingerprint density at radius 1 is 1.20 bits per heavy atom. The van der Waals surface area contributed by atoms with Crippen molar-refractivity contribution < 1.29 is 29.0 Å². The van der Waals surface area contributed by atoms with Gasteiger partial charge in [0.2, 0.25) is 5.91 Å². The molecule has 1 heterocycles. The second kappa shape index (κ2) is 9.95. The number of ether oxygens (including phenoxy) is 2. The Hall–Kier alpha value is -3.60. The molecule has 0 spiro atoms. The van der Waals surface area contributed by atoms with E-state index in [1.165, 1.54) is 18.2 Å². The summed E-state index contributed by atoms with van der Waals surface area (Å²) in [6.45, 7) is 0. The minimum atomic E-state index is -0.413. The summed E-state index contributed by atoms with van der Waals surface area (Å²) in [4.78, 5) is 36.6. The number of aromatic hydroxyl groups is 1. The Morgan fingerprint density at radius 2 is 1.94 bits per heavy atom. The molecular formula is C24H31N5O6. The van der Waals surface area contributed by atoms with E-state index in [1.807, 2.05) is 6.07 Å². The Kier molecular flexibility index (Phi) is 6.97. The van der Waals surface area contributed by atoms with Crippen LogP contribution in [0.2, 0.25) is 0 Å². The molecule has 0 radical (unpaired) electrons. The van der Waals surface area contributed by atoms with E-state index in [9.17, 15) is 19.5 Å². The molecule has 0 saturated heterocycles. The molecule has 35 heavy (non-hydrogen) atoms. The number of phenols is 1. The molecular weight excluding hydrogens is 454 g/mol. The van der Waals surface area contributed by atoms with Gasteiger partial charge in [0.15, 0.2) is 12.1 Å². The summed E-state index contributed by atoms with van der Waals surface area (Å²) in [5.41, 5.74) is 2.49. The number of aromatic amines is 1. The van der Waals surface area contributed by atoms with Crippen LogP contribution >= 0.6 is 0 Å². The topological polar surface area (TPSA) is 137 Å². The van der Waals surface area contributed by atoms with Gasteiger partial charge in [-0.15, -0.1) is 0 Å². The highest BCUT2D eigenvalue weighted by atomic mass is 16.6. The van der Waals surface area contributed by atoms with E-state index in [4.69, 9.17) is 9.47 Å². The van der Waals surface area contributed by atoms with Crippen LogP contribution in [0, 0.1) is 5.92 Å². The number of hydrazine groups is 1. The highest BCUT2D eigenvalue weighted by molar-refractivity contribution is 5.94. The van der Waals surface area contributed by atoms with Gasteiger partial charge in [-0.3, -0.25) is 14.7 Å². The molecule has 2 aromatic rings. The molecule has 11 heteroatoms. The lowest BCUT2D eigenvalue weighted by molar-refractivity contribution is -0.119. The van der Waals surface area contributed by atoms with E-state index >= 15 is 0 Å².